The fourth-order valence-electron chi connectivity index (χ4n) is 3.04. The third kappa shape index (κ3) is 9.91. The van der Waals surface area contributed by atoms with Crippen LogP contribution in [-0.2, 0) is 22.4 Å². The van der Waals surface area contributed by atoms with E-state index < -0.39 is 0 Å². The number of aryl methyl sites for hydroxylation is 2. The lowest BCUT2D eigenvalue weighted by molar-refractivity contribution is -0.121. The van der Waals surface area contributed by atoms with Gasteiger partial charge in [0.1, 0.15) is 0 Å². The lowest BCUT2D eigenvalue weighted by Gasteiger charge is -2.07. The maximum Gasteiger partial charge on any atom is 0.220 e. The Hall–Kier alpha value is -2.62. The second kappa shape index (κ2) is 13.5. The summed E-state index contributed by atoms with van der Waals surface area (Å²) in [6.07, 6.45) is 6.76. The molecule has 0 aliphatic heterocycles. The molecule has 2 aromatic carbocycles. The molecule has 0 saturated carbocycles. The third-order valence-electron chi connectivity index (χ3n) is 4.72. The Morgan fingerprint density at radius 2 is 0.964 bits per heavy atom. The molecule has 0 aliphatic carbocycles. The van der Waals surface area contributed by atoms with E-state index in [0.717, 1.165) is 51.6 Å². The van der Waals surface area contributed by atoms with Gasteiger partial charge in [0.05, 0.1) is 0 Å². The zero-order valence-corrected chi connectivity index (χ0v) is 16.7. The quantitative estimate of drug-likeness (QED) is 0.515. The molecule has 4 nitrogen and oxygen atoms in total. The van der Waals surface area contributed by atoms with E-state index in [1.165, 1.54) is 11.1 Å². The lowest BCUT2D eigenvalue weighted by atomic mass is 10.1. The SMILES string of the molecule is O=C(CCc1ccccc1)NCCCCCCNC(=O)CCc1ccccc1. The Bertz CT molecular complexity index is 625. The standard InChI is InChI=1S/C24H32N2O2/c27-23(17-15-21-11-5-3-6-12-21)25-19-9-1-2-10-20-26-24(28)18-16-22-13-7-4-8-14-22/h3-8,11-14H,1-2,9-10,15-20H2,(H,25,27)(H,26,28). The van der Waals surface area contributed by atoms with E-state index in [0.29, 0.717) is 12.8 Å². The predicted molar refractivity (Wildman–Crippen MR) is 114 cm³/mol. The Morgan fingerprint density at radius 3 is 1.36 bits per heavy atom. The molecule has 0 radical (unpaired) electrons. The van der Waals surface area contributed by atoms with Crippen LogP contribution in [0.2, 0.25) is 0 Å². The van der Waals surface area contributed by atoms with Crippen molar-refractivity contribution in [1.29, 1.82) is 0 Å². The normalized spacial score (nSPS) is 10.4. The van der Waals surface area contributed by atoms with Crippen molar-refractivity contribution >= 4 is 11.8 Å². The van der Waals surface area contributed by atoms with Crippen LogP contribution < -0.4 is 10.6 Å². The van der Waals surface area contributed by atoms with Gasteiger partial charge >= 0.3 is 0 Å². The second-order valence-corrected chi connectivity index (χ2v) is 7.09. The third-order valence-corrected chi connectivity index (χ3v) is 4.72. The van der Waals surface area contributed by atoms with Gasteiger partial charge in [0, 0.05) is 25.9 Å². The van der Waals surface area contributed by atoms with E-state index in [-0.39, 0.29) is 11.8 Å². The minimum atomic E-state index is 0.120. The molecular formula is C24H32N2O2. The number of nitrogens with one attached hydrogen (secondary N) is 2. The fourth-order valence-corrected chi connectivity index (χ4v) is 3.04. The largest absolute Gasteiger partial charge is 0.356 e. The smallest absolute Gasteiger partial charge is 0.220 e. The summed E-state index contributed by atoms with van der Waals surface area (Å²) in [5.41, 5.74) is 2.40. The highest BCUT2D eigenvalue weighted by Gasteiger charge is 2.03. The van der Waals surface area contributed by atoms with E-state index in [9.17, 15) is 9.59 Å². The summed E-state index contributed by atoms with van der Waals surface area (Å²) in [5, 5.41) is 5.97. The minimum absolute atomic E-state index is 0.120. The first-order chi connectivity index (χ1) is 13.7. The molecule has 2 rings (SSSR count). The van der Waals surface area contributed by atoms with Crippen molar-refractivity contribution in [3.63, 3.8) is 0 Å². The number of amides is 2. The van der Waals surface area contributed by atoms with E-state index in [1.54, 1.807) is 0 Å². The second-order valence-electron chi connectivity index (χ2n) is 7.09. The number of benzene rings is 2. The van der Waals surface area contributed by atoms with Crippen molar-refractivity contribution in [2.24, 2.45) is 0 Å². The maximum absolute atomic E-state index is 11.8. The Morgan fingerprint density at radius 1 is 0.571 bits per heavy atom. The molecule has 2 amide bonds. The summed E-state index contributed by atoms with van der Waals surface area (Å²) in [7, 11) is 0. The van der Waals surface area contributed by atoms with Crippen LogP contribution in [0.15, 0.2) is 60.7 Å². The van der Waals surface area contributed by atoms with Crippen LogP contribution >= 0.6 is 0 Å². The van der Waals surface area contributed by atoms with Crippen molar-refractivity contribution in [2.75, 3.05) is 13.1 Å². The zero-order valence-electron chi connectivity index (χ0n) is 16.7. The molecule has 2 N–H and O–H groups in total. The number of carbonyl (C=O) groups is 2. The Kier molecular flexibility index (Phi) is 10.5. The summed E-state index contributed by atoms with van der Waals surface area (Å²) < 4.78 is 0. The van der Waals surface area contributed by atoms with Gasteiger partial charge < -0.3 is 10.6 Å². The molecule has 4 heteroatoms. The fraction of sp³-hybridized carbons (Fsp3) is 0.417. The van der Waals surface area contributed by atoms with Crippen LogP contribution in [-0.4, -0.2) is 24.9 Å². The summed E-state index contributed by atoms with van der Waals surface area (Å²) in [4.78, 5) is 23.7. The van der Waals surface area contributed by atoms with Gasteiger partial charge in [-0.1, -0.05) is 73.5 Å². The van der Waals surface area contributed by atoms with Crippen LogP contribution in [0, 0.1) is 0 Å². The van der Waals surface area contributed by atoms with Crippen LogP contribution in [0.1, 0.15) is 49.7 Å². The number of hydrogen-bond acceptors (Lipinski definition) is 2. The van der Waals surface area contributed by atoms with E-state index >= 15 is 0 Å². The predicted octanol–water partition coefficient (Wildman–Crippen LogP) is 4.04. The van der Waals surface area contributed by atoms with E-state index in [2.05, 4.69) is 10.6 Å². The first kappa shape index (κ1) is 21.7. The summed E-state index contributed by atoms with van der Waals surface area (Å²) >= 11 is 0. The van der Waals surface area contributed by atoms with Crippen molar-refractivity contribution < 1.29 is 9.59 Å². The maximum atomic E-state index is 11.8. The van der Waals surface area contributed by atoms with Gasteiger partial charge in [-0.25, -0.2) is 0 Å². The zero-order chi connectivity index (χ0) is 19.9. The molecule has 0 unspecified atom stereocenters. The monoisotopic (exact) mass is 380 g/mol. The first-order valence-corrected chi connectivity index (χ1v) is 10.4. The highest BCUT2D eigenvalue weighted by atomic mass is 16.2. The molecule has 0 aliphatic rings. The number of hydrogen-bond donors (Lipinski definition) is 2. The van der Waals surface area contributed by atoms with Crippen molar-refractivity contribution in [3.8, 4) is 0 Å². The average molecular weight is 381 g/mol. The molecule has 0 spiro atoms. The van der Waals surface area contributed by atoms with Gasteiger partial charge in [0.25, 0.3) is 0 Å². The van der Waals surface area contributed by atoms with E-state index in [1.807, 2.05) is 60.7 Å². The summed E-state index contributed by atoms with van der Waals surface area (Å²) in [5.74, 6) is 0.240. The number of rotatable bonds is 13. The average Bonchev–Trinajstić information content (AvgIpc) is 2.74. The van der Waals surface area contributed by atoms with Gasteiger partial charge in [-0.3, -0.25) is 9.59 Å². The van der Waals surface area contributed by atoms with Crippen LogP contribution in [0.4, 0.5) is 0 Å². The summed E-state index contributed by atoms with van der Waals surface area (Å²) in [6.45, 7) is 1.47. The highest BCUT2D eigenvalue weighted by molar-refractivity contribution is 5.76. The van der Waals surface area contributed by atoms with Crippen LogP contribution in [0.3, 0.4) is 0 Å². The molecule has 0 aromatic heterocycles. The highest BCUT2D eigenvalue weighted by Crippen LogP contribution is 2.04. The lowest BCUT2D eigenvalue weighted by Crippen LogP contribution is -2.25. The molecular weight excluding hydrogens is 348 g/mol. The summed E-state index contributed by atoms with van der Waals surface area (Å²) in [6, 6.07) is 20.2. The van der Waals surface area contributed by atoms with Crippen LogP contribution in [0.5, 0.6) is 0 Å². The molecule has 28 heavy (non-hydrogen) atoms. The van der Waals surface area contributed by atoms with Gasteiger partial charge in [0.15, 0.2) is 0 Å². The number of unbranched alkanes of at least 4 members (excludes halogenated alkanes) is 3. The Labute approximate surface area is 168 Å². The minimum Gasteiger partial charge on any atom is -0.356 e. The van der Waals surface area contributed by atoms with Crippen molar-refractivity contribution in [2.45, 2.75) is 51.4 Å². The number of carbonyl (C=O) groups excluding carboxylic acids is 2. The molecule has 0 atom stereocenters. The molecule has 0 heterocycles. The molecule has 2 aromatic rings. The first-order valence-electron chi connectivity index (χ1n) is 10.4. The van der Waals surface area contributed by atoms with Crippen molar-refractivity contribution in [1.82, 2.24) is 10.6 Å². The van der Waals surface area contributed by atoms with Gasteiger partial charge in [0.2, 0.25) is 11.8 Å². The van der Waals surface area contributed by atoms with Crippen molar-refractivity contribution in [3.05, 3.63) is 71.8 Å². The van der Waals surface area contributed by atoms with Gasteiger partial charge in [-0.15, -0.1) is 0 Å². The topological polar surface area (TPSA) is 58.2 Å². The van der Waals surface area contributed by atoms with E-state index in [4.69, 9.17) is 0 Å². The Balaban J connectivity index is 1.39. The van der Waals surface area contributed by atoms with Gasteiger partial charge in [-0.05, 0) is 36.8 Å². The molecule has 0 bridgehead atoms. The van der Waals surface area contributed by atoms with Gasteiger partial charge in [-0.2, -0.15) is 0 Å². The van der Waals surface area contributed by atoms with Crippen LogP contribution in [0.25, 0.3) is 0 Å². The molecule has 0 fully saturated rings. The molecule has 0 saturated heterocycles. The molecule has 150 valence electrons.